The Labute approximate surface area is 147 Å². The molecular formula is C17H25N5OS. The molecule has 0 spiro atoms. The molecule has 7 heteroatoms. The van der Waals surface area contributed by atoms with Crippen LogP contribution < -0.4 is 5.32 Å². The van der Waals surface area contributed by atoms with E-state index in [-0.39, 0.29) is 12.1 Å². The molecule has 24 heavy (non-hydrogen) atoms. The van der Waals surface area contributed by atoms with Gasteiger partial charge in [0.2, 0.25) is 0 Å². The molecule has 0 bridgehead atoms. The van der Waals surface area contributed by atoms with Gasteiger partial charge in [0.25, 0.3) is 0 Å². The van der Waals surface area contributed by atoms with Gasteiger partial charge in [0.05, 0.1) is 11.7 Å². The maximum Gasteiger partial charge on any atom is 0.317 e. The van der Waals surface area contributed by atoms with Crippen molar-refractivity contribution >= 4 is 28.8 Å². The van der Waals surface area contributed by atoms with E-state index in [2.05, 4.69) is 32.8 Å². The lowest BCUT2D eigenvalue weighted by atomic mass is 10.0. The number of hydrogen-bond donors (Lipinski definition) is 1. The van der Waals surface area contributed by atoms with E-state index in [0.29, 0.717) is 12.6 Å². The number of urea groups is 1. The topological polar surface area (TPSA) is 61.4 Å². The minimum Gasteiger partial charge on any atom is -0.335 e. The molecule has 2 aromatic rings. The molecule has 1 saturated heterocycles. The third-order valence-electron chi connectivity index (χ3n) is 4.67. The number of carbonyl (C=O) groups excluding carboxylic acids is 1. The lowest BCUT2D eigenvalue weighted by Crippen LogP contribution is -2.49. The molecule has 1 N–H and O–H groups in total. The predicted molar refractivity (Wildman–Crippen MR) is 97.1 cm³/mol. The van der Waals surface area contributed by atoms with Gasteiger partial charge in [-0.2, -0.15) is 8.75 Å². The summed E-state index contributed by atoms with van der Waals surface area (Å²) in [5.74, 6) is 0. The van der Waals surface area contributed by atoms with Crippen LogP contribution in [0.25, 0.3) is 11.0 Å². The van der Waals surface area contributed by atoms with Crippen molar-refractivity contribution < 1.29 is 4.79 Å². The maximum absolute atomic E-state index is 12.4. The van der Waals surface area contributed by atoms with Crippen molar-refractivity contribution in [1.82, 2.24) is 23.9 Å². The second kappa shape index (κ2) is 7.44. The Hall–Kier alpha value is -1.73. The zero-order valence-corrected chi connectivity index (χ0v) is 15.3. The summed E-state index contributed by atoms with van der Waals surface area (Å²) in [6.07, 6.45) is 2.04. The standard InChI is InChI=1S/C17H25N5OS/c1-12(2)22-8-6-14(7-9-22)18-17(23)21(3)11-13-4-5-15-16(10-13)20-24-19-15/h4-5,10,12,14H,6-9,11H2,1-3H3,(H,18,23). The van der Waals surface area contributed by atoms with Crippen LogP contribution in [0.1, 0.15) is 32.3 Å². The summed E-state index contributed by atoms with van der Waals surface area (Å²) < 4.78 is 8.46. The summed E-state index contributed by atoms with van der Waals surface area (Å²) in [6.45, 7) is 7.13. The zero-order valence-electron chi connectivity index (χ0n) is 14.5. The highest BCUT2D eigenvalue weighted by Crippen LogP contribution is 2.16. The van der Waals surface area contributed by atoms with Gasteiger partial charge in [0, 0.05) is 38.8 Å². The first-order valence-corrected chi connectivity index (χ1v) is 9.23. The van der Waals surface area contributed by atoms with E-state index in [1.807, 2.05) is 25.2 Å². The van der Waals surface area contributed by atoms with Crippen LogP contribution in [0.15, 0.2) is 18.2 Å². The van der Waals surface area contributed by atoms with E-state index >= 15 is 0 Å². The van der Waals surface area contributed by atoms with Gasteiger partial charge in [-0.15, -0.1) is 0 Å². The van der Waals surface area contributed by atoms with E-state index in [9.17, 15) is 4.79 Å². The Morgan fingerprint density at radius 3 is 2.75 bits per heavy atom. The molecule has 0 radical (unpaired) electrons. The van der Waals surface area contributed by atoms with Gasteiger partial charge in [-0.3, -0.25) is 0 Å². The molecule has 0 saturated carbocycles. The normalized spacial score (nSPS) is 16.7. The molecule has 1 aromatic heterocycles. The fourth-order valence-corrected chi connectivity index (χ4v) is 3.63. The Morgan fingerprint density at radius 1 is 1.33 bits per heavy atom. The first-order valence-electron chi connectivity index (χ1n) is 8.50. The van der Waals surface area contributed by atoms with Gasteiger partial charge in [-0.05, 0) is 44.4 Å². The van der Waals surface area contributed by atoms with Crippen LogP contribution in [0, 0.1) is 0 Å². The summed E-state index contributed by atoms with van der Waals surface area (Å²) in [5.41, 5.74) is 2.88. The first kappa shape index (κ1) is 17.1. The zero-order chi connectivity index (χ0) is 17.1. The molecule has 2 amide bonds. The van der Waals surface area contributed by atoms with E-state index in [0.717, 1.165) is 42.5 Å². The Bertz CT molecular complexity index is 693. The molecule has 0 unspecified atom stereocenters. The number of aromatic nitrogens is 2. The third-order valence-corrected chi connectivity index (χ3v) is 5.23. The lowest BCUT2D eigenvalue weighted by Gasteiger charge is -2.35. The highest BCUT2D eigenvalue weighted by Gasteiger charge is 2.23. The van der Waals surface area contributed by atoms with E-state index in [1.54, 1.807) is 4.90 Å². The number of likely N-dealkylation sites (tertiary alicyclic amines) is 1. The molecule has 2 heterocycles. The van der Waals surface area contributed by atoms with Gasteiger partial charge in [0.1, 0.15) is 11.0 Å². The third kappa shape index (κ3) is 4.02. The maximum atomic E-state index is 12.4. The Kier molecular flexibility index (Phi) is 5.30. The minimum absolute atomic E-state index is 0.00510. The van der Waals surface area contributed by atoms with Crippen LogP contribution in [0.4, 0.5) is 4.79 Å². The van der Waals surface area contributed by atoms with Crippen LogP contribution in [0.3, 0.4) is 0 Å². The van der Waals surface area contributed by atoms with Gasteiger partial charge in [-0.25, -0.2) is 4.79 Å². The number of benzene rings is 1. The van der Waals surface area contributed by atoms with Crippen LogP contribution in [-0.2, 0) is 6.54 Å². The van der Waals surface area contributed by atoms with Gasteiger partial charge in [-0.1, -0.05) is 6.07 Å². The number of fused-ring (bicyclic) bond motifs is 1. The van der Waals surface area contributed by atoms with E-state index in [1.165, 1.54) is 11.7 Å². The first-order chi connectivity index (χ1) is 11.5. The number of hydrogen-bond acceptors (Lipinski definition) is 5. The fraction of sp³-hybridized carbons (Fsp3) is 0.588. The number of piperidine rings is 1. The number of rotatable bonds is 4. The Morgan fingerprint density at radius 2 is 2.04 bits per heavy atom. The van der Waals surface area contributed by atoms with Crippen molar-refractivity contribution in [2.75, 3.05) is 20.1 Å². The van der Waals surface area contributed by atoms with Crippen molar-refractivity contribution in [2.45, 2.75) is 45.3 Å². The highest BCUT2D eigenvalue weighted by molar-refractivity contribution is 7.00. The predicted octanol–water partition coefficient (Wildman–Crippen LogP) is 2.71. The molecule has 0 atom stereocenters. The second-order valence-corrected chi connectivity index (χ2v) is 7.33. The van der Waals surface area contributed by atoms with Crippen LogP contribution in [-0.4, -0.2) is 56.8 Å². The highest BCUT2D eigenvalue weighted by atomic mass is 32.1. The summed E-state index contributed by atoms with van der Waals surface area (Å²) in [6, 6.07) is 6.83. The average Bonchev–Trinajstić information content (AvgIpc) is 3.03. The molecule has 3 rings (SSSR count). The smallest absolute Gasteiger partial charge is 0.317 e. The number of carbonyl (C=O) groups is 1. The van der Waals surface area contributed by atoms with Crippen molar-refractivity contribution in [3.63, 3.8) is 0 Å². The van der Waals surface area contributed by atoms with Crippen LogP contribution in [0.2, 0.25) is 0 Å². The van der Waals surface area contributed by atoms with E-state index in [4.69, 9.17) is 0 Å². The van der Waals surface area contributed by atoms with Crippen molar-refractivity contribution in [3.05, 3.63) is 23.8 Å². The SMILES string of the molecule is CC(C)N1CCC(NC(=O)N(C)Cc2ccc3nsnc3c2)CC1. The van der Waals surface area contributed by atoms with Gasteiger partial charge >= 0.3 is 6.03 Å². The summed E-state index contributed by atoms with van der Waals surface area (Å²) in [5, 5.41) is 3.16. The largest absolute Gasteiger partial charge is 0.335 e. The molecule has 1 fully saturated rings. The van der Waals surface area contributed by atoms with Crippen LogP contribution >= 0.6 is 11.7 Å². The van der Waals surface area contributed by atoms with Crippen molar-refractivity contribution in [2.24, 2.45) is 0 Å². The van der Waals surface area contributed by atoms with E-state index < -0.39 is 0 Å². The fourth-order valence-electron chi connectivity index (χ4n) is 3.12. The molecule has 1 aromatic carbocycles. The molecule has 0 aliphatic carbocycles. The molecular weight excluding hydrogens is 322 g/mol. The minimum atomic E-state index is -0.00510. The number of amides is 2. The molecule has 6 nitrogen and oxygen atoms in total. The number of nitrogens with zero attached hydrogens (tertiary/aromatic N) is 4. The quantitative estimate of drug-likeness (QED) is 0.924. The summed E-state index contributed by atoms with van der Waals surface area (Å²) in [4.78, 5) is 16.6. The summed E-state index contributed by atoms with van der Waals surface area (Å²) in [7, 11) is 1.84. The molecule has 1 aliphatic rings. The van der Waals surface area contributed by atoms with Crippen LogP contribution in [0.5, 0.6) is 0 Å². The number of nitrogens with one attached hydrogen (secondary N) is 1. The van der Waals surface area contributed by atoms with Gasteiger partial charge < -0.3 is 15.1 Å². The molecule has 1 aliphatic heterocycles. The molecule has 130 valence electrons. The van der Waals surface area contributed by atoms with Gasteiger partial charge in [0.15, 0.2) is 0 Å². The van der Waals surface area contributed by atoms with Crippen molar-refractivity contribution in [3.8, 4) is 0 Å². The monoisotopic (exact) mass is 347 g/mol. The van der Waals surface area contributed by atoms with Crippen molar-refractivity contribution in [1.29, 1.82) is 0 Å². The Balaban J connectivity index is 1.51. The summed E-state index contributed by atoms with van der Waals surface area (Å²) >= 11 is 1.22. The average molecular weight is 347 g/mol. The second-order valence-electron chi connectivity index (χ2n) is 6.80. The lowest BCUT2D eigenvalue weighted by molar-refractivity contribution is 0.154.